The Bertz CT molecular complexity index is 683. The van der Waals surface area contributed by atoms with Crippen molar-refractivity contribution in [2.45, 2.75) is 4.34 Å². The van der Waals surface area contributed by atoms with Crippen molar-refractivity contribution >= 4 is 49.5 Å². The van der Waals surface area contributed by atoms with Crippen LogP contribution >= 0.6 is 23.6 Å². The van der Waals surface area contributed by atoms with E-state index in [1.54, 1.807) is 0 Å². The van der Waals surface area contributed by atoms with Gasteiger partial charge in [-0.15, -0.1) is 10.2 Å². The van der Waals surface area contributed by atoms with Gasteiger partial charge in [0, 0.05) is 5.69 Å². The van der Waals surface area contributed by atoms with Crippen LogP contribution in [0.2, 0.25) is 0 Å². The predicted molar refractivity (Wildman–Crippen MR) is 77.6 cm³/mol. The number of nitrogens with two attached hydrogens (primary N) is 1. The molecule has 0 radical (unpaired) electrons. The van der Waals surface area contributed by atoms with Crippen molar-refractivity contribution in [3.63, 3.8) is 0 Å². The Kier molecular flexibility index (Phi) is 4.04. The quantitative estimate of drug-likeness (QED) is 0.725. The van der Waals surface area contributed by atoms with Crippen molar-refractivity contribution in [1.29, 1.82) is 0 Å². The van der Waals surface area contributed by atoms with Gasteiger partial charge < -0.3 is 10.6 Å². The van der Waals surface area contributed by atoms with Gasteiger partial charge >= 0.3 is 0 Å². The third-order valence-corrected chi connectivity index (χ3v) is 4.25. The molecule has 7 nitrogen and oxygen atoms in total. The highest BCUT2D eigenvalue weighted by Gasteiger charge is 2.15. The molecule has 1 heterocycles. The summed E-state index contributed by atoms with van der Waals surface area (Å²) in [5.74, 6) is 0. The lowest BCUT2D eigenvalue weighted by atomic mass is 10.3. The van der Waals surface area contributed by atoms with Crippen molar-refractivity contribution in [2.24, 2.45) is 5.14 Å². The zero-order valence-corrected chi connectivity index (χ0v) is 11.8. The molecule has 1 aromatic heterocycles. The normalized spacial score (nSPS) is 11.0. The first kappa shape index (κ1) is 13.8. The maximum Gasteiger partial charge on any atom is 0.267 e. The molecule has 0 amide bonds. The van der Waals surface area contributed by atoms with Crippen molar-refractivity contribution in [3.8, 4) is 0 Å². The molecule has 100 valence electrons. The minimum absolute atomic E-state index is 0.248. The topological polar surface area (TPSA) is 110 Å². The fourth-order valence-corrected chi connectivity index (χ4v) is 2.77. The summed E-state index contributed by atoms with van der Waals surface area (Å²) >= 11 is 5.86. The van der Waals surface area contributed by atoms with E-state index in [1.807, 2.05) is 30.3 Å². The molecular formula is C9H9N5O2S3. The summed E-state index contributed by atoms with van der Waals surface area (Å²) in [5.41, 5.74) is 0.802. The van der Waals surface area contributed by atoms with Crippen molar-refractivity contribution in [1.82, 2.24) is 10.2 Å². The second kappa shape index (κ2) is 5.57. The van der Waals surface area contributed by atoms with E-state index in [0.29, 0.717) is 0 Å². The highest BCUT2D eigenvalue weighted by atomic mass is 32.2. The third-order valence-electron chi connectivity index (χ3n) is 1.90. The van der Waals surface area contributed by atoms with Crippen LogP contribution < -0.4 is 15.8 Å². The zero-order chi connectivity index (χ0) is 13.9. The van der Waals surface area contributed by atoms with Crippen LogP contribution in [0.5, 0.6) is 0 Å². The standard InChI is InChI=1S/C9H9N5O2S3/c10-19(15,16)9-14-13-8(18-9)12-7(17)11-6-4-2-1-3-5-6/h1-5H,(H2,10,15,16)(H2,11,12,13,17). The first-order chi connectivity index (χ1) is 8.95. The van der Waals surface area contributed by atoms with Gasteiger partial charge in [-0.05, 0) is 24.4 Å². The number of aromatic nitrogens is 2. The molecule has 10 heteroatoms. The van der Waals surface area contributed by atoms with Gasteiger partial charge in [0.15, 0.2) is 5.11 Å². The number of hydrogen-bond acceptors (Lipinski definition) is 6. The number of thiocarbonyl (C=S) groups is 1. The van der Waals surface area contributed by atoms with E-state index < -0.39 is 10.0 Å². The summed E-state index contributed by atoms with van der Waals surface area (Å²) in [6, 6.07) is 9.27. The fourth-order valence-electron chi connectivity index (χ4n) is 1.16. The Morgan fingerprint density at radius 2 is 1.89 bits per heavy atom. The molecule has 1 aromatic carbocycles. The van der Waals surface area contributed by atoms with Crippen LogP contribution in [0.3, 0.4) is 0 Å². The molecule has 0 saturated carbocycles. The first-order valence-electron chi connectivity index (χ1n) is 4.94. The summed E-state index contributed by atoms with van der Waals surface area (Å²) < 4.78 is 21.8. The molecule has 19 heavy (non-hydrogen) atoms. The van der Waals surface area contributed by atoms with Crippen LogP contribution in [0, 0.1) is 0 Å². The second-order valence-electron chi connectivity index (χ2n) is 3.36. The van der Waals surface area contributed by atoms with E-state index in [0.717, 1.165) is 17.0 Å². The van der Waals surface area contributed by atoms with Crippen molar-refractivity contribution < 1.29 is 8.42 Å². The monoisotopic (exact) mass is 315 g/mol. The van der Waals surface area contributed by atoms with Crippen LogP contribution in [-0.4, -0.2) is 23.7 Å². The van der Waals surface area contributed by atoms with Crippen molar-refractivity contribution in [3.05, 3.63) is 30.3 Å². The Labute approximate surface area is 118 Å². The molecule has 2 rings (SSSR count). The Hall–Kier alpha value is -1.62. The number of nitrogens with zero attached hydrogens (tertiary/aromatic N) is 2. The molecule has 0 aliphatic rings. The van der Waals surface area contributed by atoms with E-state index in [9.17, 15) is 8.42 Å². The van der Waals surface area contributed by atoms with Gasteiger partial charge in [-0.3, -0.25) is 0 Å². The maximum absolute atomic E-state index is 11.0. The molecule has 0 unspecified atom stereocenters. The largest absolute Gasteiger partial charge is 0.332 e. The van der Waals surface area contributed by atoms with Crippen LogP contribution in [0.1, 0.15) is 0 Å². The summed E-state index contributed by atoms with van der Waals surface area (Å²) in [6.07, 6.45) is 0. The Morgan fingerprint density at radius 1 is 1.21 bits per heavy atom. The summed E-state index contributed by atoms with van der Waals surface area (Å²) in [4.78, 5) is 0. The van der Waals surface area contributed by atoms with E-state index in [1.165, 1.54) is 0 Å². The Morgan fingerprint density at radius 3 is 2.47 bits per heavy atom. The molecule has 0 fully saturated rings. The molecular weight excluding hydrogens is 306 g/mol. The number of benzene rings is 1. The minimum Gasteiger partial charge on any atom is -0.332 e. The highest BCUT2D eigenvalue weighted by Crippen LogP contribution is 2.18. The van der Waals surface area contributed by atoms with Crippen LogP contribution in [0.4, 0.5) is 10.8 Å². The van der Waals surface area contributed by atoms with Gasteiger partial charge in [0.05, 0.1) is 0 Å². The van der Waals surface area contributed by atoms with E-state index in [4.69, 9.17) is 17.4 Å². The molecule has 0 aliphatic heterocycles. The number of primary sulfonamides is 1. The number of nitrogens with one attached hydrogen (secondary N) is 2. The van der Waals surface area contributed by atoms with E-state index in [-0.39, 0.29) is 14.6 Å². The van der Waals surface area contributed by atoms with Gasteiger partial charge in [0.1, 0.15) is 0 Å². The number of para-hydroxylation sites is 1. The molecule has 0 bridgehead atoms. The van der Waals surface area contributed by atoms with Crippen LogP contribution in [0.25, 0.3) is 0 Å². The van der Waals surface area contributed by atoms with Gasteiger partial charge in [0.25, 0.3) is 10.0 Å². The Balaban J connectivity index is 2.02. The lowest BCUT2D eigenvalue weighted by Gasteiger charge is -2.07. The summed E-state index contributed by atoms with van der Waals surface area (Å²) in [6.45, 7) is 0. The van der Waals surface area contributed by atoms with Gasteiger partial charge in [0.2, 0.25) is 9.47 Å². The molecule has 0 saturated heterocycles. The first-order valence-corrected chi connectivity index (χ1v) is 7.71. The average Bonchev–Trinajstić information content (AvgIpc) is 2.78. The van der Waals surface area contributed by atoms with Gasteiger partial charge in [-0.1, -0.05) is 29.5 Å². The minimum atomic E-state index is -3.84. The SMILES string of the molecule is NS(=O)(=O)c1nnc(NC(=S)Nc2ccccc2)s1. The number of anilines is 2. The fraction of sp³-hybridized carbons (Fsp3) is 0. The third kappa shape index (κ3) is 3.92. The number of hydrogen-bond donors (Lipinski definition) is 3. The lowest BCUT2D eigenvalue weighted by Crippen LogP contribution is -2.18. The van der Waals surface area contributed by atoms with Gasteiger partial charge in [-0.2, -0.15) is 0 Å². The zero-order valence-electron chi connectivity index (χ0n) is 9.40. The second-order valence-corrected chi connectivity index (χ2v) is 6.48. The van der Waals surface area contributed by atoms with Crippen molar-refractivity contribution in [2.75, 3.05) is 10.6 Å². The highest BCUT2D eigenvalue weighted by molar-refractivity contribution is 7.91. The molecule has 0 aliphatic carbocycles. The number of sulfonamides is 1. The van der Waals surface area contributed by atoms with E-state index >= 15 is 0 Å². The smallest absolute Gasteiger partial charge is 0.267 e. The lowest BCUT2D eigenvalue weighted by molar-refractivity contribution is 0.596. The van der Waals surface area contributed by atoms with Crippen LogP contribution in [-0.2, 0) is 10.0 Å². The molecule has 0 spiro atoms. The summed E-state index contributed by atoms with van der Waals surface area (Å²) in [5, 5.41) is 18.2. The van der Waals surface area contributed by atoms with Crippen LogP contribution in [0.15, 0.2) is 34.7 Å². The van der Waals surface area contributed by atoms with Gasteiger partial charge in [-0.25, -0.2) is 13.6 Å². The maximum atomic E-state index is 11.0. The van der Waals surface area contributed by atoms with E-state index in [2.05, 4.69) is 20.8 Å². The number of rotatable bonds is 3. The average molecular weight is 315 g/mol. The predicted octanol–water partition coefficient (Wildman–Crippen LogP) is 0.994. The summed E-state index contributed by atoms with van der Waals surface area (Å²) in [7, 11) is -3.84. The molecule has 2 aromatic rings. The molecule has 4 N–H and O–H groups in total. The molecule has 0 atom stereocenters.